The van der Waals surface area contributed by atoms with Crippen molar-refractivity contribution < 1.29 is 35.7 Å². The number of aliphatic hydroxyl groups excluding tert-OH is 3. The van der Waals surface area contributed by atoms with Crippen LogP contribution in [-0.4, -0.2) is 80.4 Å². The summed E-state index contributed by atoms with van der Waals surface area (Å²) in [5, 5.41) is 27.4. The molecule has 0 rings (SSSR count). The molecule has 0 heterocycles. The van der Waals surface area contributed by atoms with E-state index in [-0.39, 0.29) is 47.2 Å². The van der Waals surface area contributed by atoms with Gasteiger partial charge in [0.05, 0.1) is 33.0 Å². The molecule has 0 aliphatic heterocycles. The van der Waals surface area contributed by atoms with E-state index in [0.29, 0.717) is 0 Å². The Morgan fingerprint density at radius 1 is 1.05 bits per heavy atom. The van der Waals surface area contributed by atoms with Gasteiger partial charge in [-0.2, -0.15) is 0 Å². The summed E-state index contributed by atoms with van der Waals surface area (Å²) in [6.45, 7) is 1.89. The van der Waals surface area contributed by atoms with Crippen LogP contribution in [0.5, 0.6) is 0 Å². The second kappa shape index (κ2) is 13.1. The van der Waals surface area contributed by atoms with Crippen LogP contribution in [0.15, 0.2) is 0 Å². The van der Waals surface area contributed by atoms with E-state index in [9.17, 15) is 10.2 Å². The molecule has 7 heteroatoms. The summed E-state index contributed by atoms with van der Waals surface area (Å²) in [6.07, 6.45) is 0.286. The van der Waals surface area contributed by atoms with Gasteiger partial charge in [-0.25, -0.2) is 0 Å². The Bertz CT molecular complexity index is 279. The van der Waals surface area contributed by atoms with Crippen LogP contribution in [-0.2, 0) is 18.9 Å². The van der Waals surface area contributed by atoms with Gasteiger partial charge < -0.3 is 34.3 Å². The first-order valence-electron chi connectivity index (χ1n) is 6.32. The highest BCUT2D eigenvalue weighted by molar-refractivity contribution is 4.85. The Kier molecular flexibility index (Phi) is 12.5. The van der Waals surface area contributed by atoms with E-state index in [0.717, 1.165) is 0 Å². The molecule has 0 fully saturated rings. The minimum absolute atomic E-state index is 0. The topological polar surface area (TPSA) is 97.6 Å². The zero-order valence-corrected chi connectivity index (χ0v) is 11.9. The highest BCUT2D eigenvalue weighted by Gasteiger charge is 2.13. The predicted octanol–water partition coefficient (Wildman–Crippen LogP) is -1.01. The number of aliphatic hydroxyl groups is 3. The molecule has 0 aliphatic carbocycles. The molecular weight excluding hydrogens is 268 g/mol. The van der Waals surface area contributed by atoms with Crippen LogP contribution in [0.3, 0.4) is 0 Å². The average Bonchev–Trinajstić information content (AvgIpc) is 2.44. The number of hydrogen-bond acceptors (Lipinski definition) is 7. The Labute approximate surface area is 120 Å². The number of methoxy groups -OCH3 is 1. The minimum atomic E-state index is -0.930. The van der Waals surface area contributed by atoms with Crippen LogP contribution in [0.25, 0.3) is 0 Å². The van der Waals surface area contributed by atoms with E-state index < -0.39 is 12.2 Å². The number of rotatable bonds is 12. The smallest absolute Gasteiger partial charge is 0.128 e. The zero-order chi connectivity index (χ0) is 15.2. The van der Waals surface area contributed by atoms with E-state index in [1.165, 1.54) is 7.11 Å². The van der Waals surface area contributed by atoms with Crippen molar-refractivity contribution in [1.82, 2.24) is 0 Å². The van der Waals surface area contributed by atoms with E-state index in [4.69, 9.17) is 24.1 Å². The second-order valence-corrected chi connectivity index (χ2v) is 4.10. The van der Waals surface area contributed by atoms with Crippen LogP contribution in [0, 0.1) is 12.0 Å². The van der Waals surface area contributed by atoms with Crippen molar-refractivity contribution in [3.8, 4) is 12.0 Å². The molecule has 0 aromatic rings. The van der Waals surface area contributed by atoms with Gasteiger partial charge in [0.25, 0.3) is 0 Å². The van der Waals surface area contributed by atoms with Crippen LogP contribution in [0.1, 0.15) is 8.35 Å². The quantitative estimate of drug-likeness (QED) is 0.397. The molecule has 120 valence electrons. The summed E-state index contributed by atoms with van der Waals surface area (Å²) in [5.41, 5.74) is 0. The van der Waals surface area contributed by atoms with Gasteiger partial charge in [-0.1, -0.05) is 5.92 Å². The summed E-state index contributed by atoms with van der Waals surface area (Å²) in [4.78, 5) is 0. The molecule has 0 spiro atoms. The largest absolute Gasteiger partial charge is 0.444 e. The highest BCUT2D eigenvalue weighted by Crippen LogP contribution is 1.98. The van der Waals surface area contributed by atoms with Gasteiger partial charge in [0, 0.05) is 15.5 Å². The van der Waals surface area contributed by atoms with Gasteiger partial charge in [0.2, 0.25) is 0 Å². The second-order valence-electron chi connectivity index (χ2n) is 4.10. The van der Waals surface area contributed by atoms with E-state index >= 15 is 0 Å². The maximum Gasteiger partial charge on any atom is 0.128 e. The molecule has 0 saturated carbocycles. The fraction of sp³-hybridized carbons (Fsp3) is 0.846. The molecule has 3 N–H and O–H groups in total. The van der Waals surface area contributed by atoms with E-state index in [2.05, 4.69) is 12.0 Å². The molecule has 0 aromatic heterocycles. The molecule has 20 heavy (non-hydrogen) atoms. The summed E-state index contributed by atoms with van der Waals surface area (Å²) >= 11 is 0. The fourth-order valence-electron chi connectivity index (χ4n) is 1.22. The molecular formula is C13H26O7. The van der Waals surface area contributed by atoms with E-state index in [1.807, 2.05) is 0 Å². The Hall–Kier alpha value is -0.880. The molecule has 0 amide bonds. The van der Waals surface area contributed by atoms with Crippen molar-refractivity contribution in [1.29, 1.82) is 0 Å². The summed E-state index contributed by atoms with van der Waals surface area (Å²) < 4.78 is 20.4. The van der Waals surface area contributed by atoms with Crippen LogP contribution in [0.4, 0.5) is 0 Å². The Morgan fingerprint density at radius 2 is 1.80 bits per heavy atom. The molecule has 0 bridgehead atoms. The van der Waals surface area contributed by atoms with Gasteiger partial charge in [-0.3, -0.25) is 0 Å². The normalized spacial score (nSPS) is 15.1. The highest BCUT2D eigenvalue weighted by atomic mass is 16.6. The zero-order valence-electron chi connectivity index (χ0n) is 11.9. The Balaban J connectivity index is 0. The maximum atomic E-state index is 9.51. The number of ether oxygens (including phenoxy) is 4. The fourth-order valence-corrected chi connectivity index (χ4v) is 1.22. The van der Waals surface area contributed by atoms with Gasteiger partial charge in [0.15, 0.2) is 0 Å². The van der Waals surface area contributed by atoms with Crippen molar-refractivity contribution in [2.75, 3.05) is 46.8 Å². The molecule has 0 aliphatic rings. The lowest BCUT2D eigenvalue weighted by Gasteiger charge is -2.19. The van der Waals surface area contributed by atoms with Crippen LogP contribution < -0.4 is 0 Å². The molecule has 0 saturated heterocycles. The third-order valence-corrected chi connectivity index (χ3v) is 2.15. The standard InChI is InChI=1S/C13H24O7.H2/c1-3-4-18-6-12(16)7-19-10-13(9-17-2)20-8-11(15)5-14;/h11-16H,5-10H2,1-2H3;1H. The maximum absolute atomic E-state index is 9.51. The molecule has 3 atom stereocenters. The summed E-state index contributed by atoms with van der Waals surface area (Å²) in [7, 11) is 1.52. The predicted molar refractivity (Wildman–Crippen MR) is 73.1 cm³/mol. The van der Waals surface area contributed by atoms with Crippen molar-refractivity contribution in [2.45, 2.75) is 25.2 Å². The van der Waals surface area contributed by atoms with Gasteiger partial charge in [0.1, 0.15) is 31.0 Å². The third-order valence-electron chi connectivity index (χ3n) is 2.15. The first-order valence-corrected chi connectivity index (χ1v) is 6.32. The monoisotopic (exact) mass is 294 g/mol. The number of hydrogen-bond donors (Lipinski definition) is 3. The lowest BCUT2D eigenvalue weighted by molar-refractivity contribution is -0.0924. The lowest BCUT2D eigenvalue weighted by atomic mass is 10.3. The van der Waals surface area contributed by atoms with Gasteiger partial charge in [-0.05, 0) is 0 Å². The van der Waals surface area contributed by atoms with Gasteiger partial charge >= 0.3 is 0 Å². The lowest BCUT2D eigenvalue weighted by Crippen LogP contribution is -2.32. The third kappa shape index (κ3) is 11.0. The Morgan fingerprint density at radius 3 is 2.40 bits per heavy atom. The van der Waals surface area contributed by atoms with Crippen LogP contribution in [0.2, 0.25) is 0 Å². The molecule has 0 radical (unpaired) electrons. The summed E-state index contributed by atoms with van der Waals surface area (Å²) in [6, 6.07) is 0. The van der Waals surface area contributed by atoms with Crippen molar-refractivity contribution in [2.24, 2.45) is 0 Å². The SMILES string of the molecule is CC#COCC(O)COCC(COC)OCC(O)CO.[HH]. The van der Waals surface area contributed by atoms with Crippen molar-refractivity contribution >= 4 is 0 Å². The molecule has 3 unspecified atom stereocenters. The minimum Gasteiger partial charge on any atom is -0.444 e. The van der Waals surface area contributed by atoms with E-state index in [1.54, 1.807) is 6.92 Å². The van der Waals surface area contributed by atoms with Crippen molar-refractivity contribution in [3.05, 3.63) is 0 Å². The van der Waals surface area contributed by atoms with Crippen molar-refractivity contribution in [3.63, 3.8) is 0 Å². The average molecular weight is 294 g/mol. The first-order chi connectivity index (χ1) is 9.63. The van der Waals surface area contributed by atoms with Crippen LogP contribution >= 0.6 is 0 Å². The summed E-state index contributed by atoms with van der Waals surface area (Å²) in [5.74, 6) is 2.54. The van der Waals surface area contributed by atoms with Gasteiger partial charge in [-0.15, -0.1) is 0 Å². The molecule has 0 aromatic carbocycles. The molecule has 7 nitrogen and oxygen atoms in total. The first kappa shape index (κ1) is 19.1.